The van der Waals surface area contributed by atoms with E-state index in [9.17, 15) is 4.79 Å². The van der Waals surface area contributed by atoms with Crippen molar-refractivity contribution in [2.24, 2.45) is 0 Å². The summed E-state index contributed by atoms with van der Waals surface area (Å²) in [5.74, 6) is -0.358. The zero-order chi connectivity index (χ0) is 12.5. The summed E-state index contributed by atoms with van der Waals surface area (Å²) < 4.78 is 4.73. The summed E-state index contributed by atoms with van der Waals surface area (Å²) in [5, 5.41) is 11.9. The Bertz CT molecular complexity index is 447. The number of esters is 1. The number of nitriles is 1. The molecule has 0 atom stereocenters. The maximum atomic E-state index is 11.0. The number of hydrogen-bond acceptors (Lipinski definition) is 4. The minimum Gasteiger partial charge on any atom is -0.463 e. The van der Waals surface area contributed by atoms with Gasteiger partial charge in [0.1, 0.15) is 6.07 Å². The first-order valence-electron chi connectivity index (χ1n) is 5.34. The van der Waals surface area contributed by atoms with Crippen molar-refractivity contribution in [3.63, 3.8) is 0 Å². The van der Waals surface area contributed by atoms with Crippen molar-refractivity contribution in [1.82, 2.24) is 0 Å². The number of ether oxygens (including phenoxy) is 1. The van der Waals surface area contributed by atoms with Crippen LogP contribution in [0, 0.1) is 11.3 Å². The fourth-order valence-electron chi connectivity index (χ4n) is 1.25. The largest absolute Gasteiger partial charge is 0.463 e. The Morgan fingerprint density at radius 1 is 1.53 bits per heavy atom. The summed E-state index contributed by atoms with van der Waals surface area (Å²) >= 11 is 0. The van der Waals surface area contributed by atoms with Gasteiger partial charge in [0.25, 0.3) is 0 Å². The van der Waals surface area contributed by atoms with Gasteiger partial charge in [-0.2, -0.15) is 5.26 Å². The highest BCUT2D eigenvalue weighted by molar-refractivity contribution is 5.81. The molecule has 0 aromatic heterocycles. The quantitative estimate of drug-likeness (QED) is 0.621. The van der Waals surface area contributed by atoms with Gasteiger partial charge in [-0.25, -0.2) is 4.79 Å². The Morgan fingerprint density at radius 3 is 3.00 bits per heavy atom. The molecule has 1 rings (SSSR count). The Hall–Kier alpha value is -2.28. The van der Waals surface area contributed by atoms with E-state index in [-0.39, 0.29) is 5.97 Å². The molecule has 0 amide bonds. The third kappa shape index (κ3) is 4.39. The molecule has 0 aliphatic carbocycles. The fourth-order valence-corrected chi connectivity index (χ4v) is 1.25. The van der Waals surface area contributed by atoms with Crippen LogP contribution in [0.5, 0.6) is 0 Å². The van der Waals surface area contributed by atoms with Crippen LogP contribution < -0.4 is 5.32 Å². The van der Waals surface area contributed by atoms with E-state index in [1.165, 1.54) is 6.08 Å². The second kappa shape index (κ2) is 7.07. The van der Waals surface area contributed by atoms with Crippen LogP contribution in [0.4, 0.5) is 5.69 Å². The second-order valence-electron chi connectivity index (χ2n) is 3.19. The van der Waals surface area contributed by atoms with E-state index in [2.05, 4.69) is 11.4 Å². The molecule has 1 N–H and O–H groups in total. The van der Waals surface area contributed by atoms with Crippen molar-refractivity contribution in [3.8, 4) is 6.07 Å². The number of hydrogen-bond donors (Lipinski definition) is 1. The van der Waals surface area contributed by atoms with E-state index in [0.717, 1.165) is 5.69 Å². The Morgan fingerprint density at radius 2 is 2.29 bits per heavy atom. The van der Waals surface area contributed by atoms with Crippen LogP contribution in [0.2, 0.25) is 0 Å². The molecule has 0 saturated heterocycles. The Balaban J connectivity index is 2.46. The smallest absolute Gasteiger partial charge is 0.330 e. The zero-order valence-corrected chi connectivity index (χ0v) is 9.64. The molecule has 0 spiro atoms. The van der Waals surface area contributed by atoms with Crippen molar-refractivity contribution in [2.75, 3.05) is 18.5 Å². The summed E-state index contributed by atoms with van der Waals surface area (Å²) in [6.07, 6.45) is 3.03. The number of nitrogens with zero attached hydrogens (tertiary/aromatic N) is 1. The van der Waals surface area contributed by atoms with Crippen LogP contribution in [0.3, 0.4) is 0 Å². The molecule has 88 valence electrons. The van der Waals surface area contributed by atoms with Gasteiger partial charge in [0, 0.05) is 12.6 Å². The predicted octanol–water partition coefficient (Wildman–Crippen LogP) is 2.09. The van der Waals surface area contributed by atoms with Crippen LogP contribution >= 0.6 is 0 Å². The molecule has 4 heteroatoms. The van der Waals surface area contributed by atoms with Gasteiger partial charge in [-0.15, -0.1) is 0 Å². The molecule has 0 radical (unpaired) electrons. The van der Waals surface area contributed by atoms with E-state index in [4.69, 9.17) is 10.00 Å². The standard InChI is InChI=1S/C13H14N2O2/c1-2-17-13(16)8-5-9-15-12-7-4-3-6-11(12)10-14/h3-8,15H,2,9H2,1H3/b8-5+. The summed E-state index contributed by atoms with van der Waals surface area (Å²) in [4.78, 5) is 11.0. The maximum absolute atomic E-state index is 11.0. The minimum atomic E-state index is -0.358. The first kappa shape index (κ1) is 12.8. The van der Waals surface area contributed by atoms with Crippen molar-refractivity contribution in [1.29, 1.82) is 5.26 Å². The van der Waals surface area contributed by atoms with Gasteiger partial charge in [-0.05, 0) is 19.1 Å². The minimum absolute atomic E-state index is 0.358. The van der Waals surface area contributed by atoms with E-state index in [1.54, 1.807) is 25.1 Å². The lowest BCUT2D eigenvalue weighted by atomic mass is 10.2. The summed E-state index contributed by atoms with van der Waals surface area (Å²) in [6, 6.07) is 9.29. The average molecular weight is 230 g/mol. The van der Waals surface area contributed by atoms with E-state index in [1.807, 2.05) is 12.1 Å². The molecule has 0 unspecified atom stereocenters. The lowest BCUT2D eigenvalue weighted by Gasteiger charge is -2.04. The lowest BCUT2D eigenvalue weighted by molar-refractivity contribution is -0.137. The van der Waals surface area contributed by atoms with Gasteiger partial charge in [-0.1, -0.05) is 18.2 Å². The molecule has 0 fully saturated rings. The van der Waals surface area contributed by atoms with E-state index < -0.39 is 0 Å². The first-order chi connectivity index (χ1) is 8.27. The Labute approximate surface area is 101 Å². The molecule has 0 aliphatic heterocycles. The number of para-hydroxylation sites is 1. The van der Waals surface area contributed by atoms with Crippen LogP contribution in [0.1, 0.15) is 12.5 Å². The topological polar surface area (TPSA) is 62.1 Å². The molecular formula is C13H14N2O2. The molecule has 17 heavy (non-hydrogen) atoms. The predicted molar refractivity (Wildman–Crippen MR) is 65.4 cm³/mol. The highest BCUT2D eigenvalue weighted by Crippen LogP contribution is 2.12. The fraction of sp³-hybridized carbons (Fsp3) is 0.231. The number of nitrogens with one attached hydrogen (secondary N) is 1. The number of rotatable bonds is 5. The SMILES string of the molecule is CCOC(=O)/C=C/CNc1ccccc1C#N. The molecule has 1 aromatic carbocycles. The molecule has 0 bridgehead atoms. The lowest BCUT2D eigenvalue weighted by Crippen LogP contribution is -2.03. The molecule has 1 aromatic rings. The molecule has 4 nitrogen and oxygen atoms in total. The summed E-state index contributed by atoms with van der Waals surface area (Å²) in [7, 11) is 0. The van der Waals surface area contributed by atoms with E-state index >= 15 is 0 Å². The van der Waals surface area contributed by atoms with Gasteiger partial charge in [-0.3, -0.25) is 0 Å². The highest BCUT2D eigenvalue weighted by Gasteiger charge is 1.98. The van der Waals surface area contributed by atoms with Crippen molar-refractivity contribution in [3.05, 3.63) is 42.0 Å². The van der Waals surface area contributed by atoms with Crippen molar-refractivity contribution in [2.45, 2.75) is 6.92 Å². The maximum Gasteiger partial charge on any atom is 0.330 e. The van der Waals surface area contributed by atoms with Gasteiger partial charge in [0.05, 0.1) is 17.9 Å². The van der Waals surface area contributed by atoms with Gasteiger partial charge >= 0.3 is 5.97 Å². The third-order valence-electron chi connectivity index (χ3n) is 2.00. The van der Waals surface area contributed by atoms with Gasteiger partial charge in [0.2, 0.25) is 0 Å². The average Bonchev–Trinajstić information content (AvgIpc) is 2.35. The molecule has 0 heterocycles. The Kier molecular flexibility index (Phi) is 5.32. The number of anilines is 1. The first-order valence-corrected chi connectivity index (χ1v) is 5.34. The van der Waals surface area contributed by atoms with E-state index in [0.29, 0.717) is 18.7 Å². The number of carbonyl (C=O) groups is 1. The summed E-state index contributed by atoms with van der Waals surface area (Å²) in [6.45, 7) is 2.60. The second-order valence-corrected chi connectivity index (χ2v) is 3.19. The normalized spacial score (nSPS) is 9.88. The van der Waals surface area contributed by atoms with Crippen LogP contribution in [0.25, 0.3) is 0 Å². The van der Waals surface area contributed by atoms with Gasteiger partial charge in [0.15, 0.2) is 0 Å². The number of carbonyl (C=O) groups excluding carboxylic acids is 1. The number of benzene rings is 1. The third-order valence-corrected chi connectivity index (χ3v) is 2.00. The van der Waals surface area contributed by atoms with Crippen LogP contribution in [0.15, 0.2) is 36.4 Å². The summed E-state index contributed by atoms with van der Waals surface area (Å²) in [5.41, 5.74) is 1.33. The molecule has 0 aliphatic rings. The van der Waals surface area contributed by atoms with Gasteiger partial charge < -0.3 is 10.1 Å². The van der Waals surface area contributed by atoms with Crippen molar-refractivity contribution < 1.29 is 9.53 Å². The van der Waals surface area contributed by atoms with Crippen molar-refractivity contribution >= 4 is 11.7 Å². The molecule has 0 saturated carbocycles. The highest BCUT2D eigenvalue weighted by atomic mass is 16.5. The van der Waals surface area contributed by atoms with Crippen LogP contribution in [-0.4, -0.2) is 19.1 Å². The monoisotopic (exact) mass is 230 g/mol. The molecular weight excluding hydrogens is 216 g/mol. The van der Waals surface area contributed by atoms with Crippen LogP contribution in [-0.2, 0) is 9.53 Å². The zero-order valence-electron chi connectivity index (χ0n) is 9.64.